The Balaban J connectivity index is 2.38. The molecule has 1 rings (SSSR count). The van der Waals surface area contributed by atoms with Crippen molar-refractivity contribution in [3.63, 3.8) is 0 Å². The van der Waals surface area contributed by atoms with Crippen LogP contribution in [0.15, 0.2) is 0 Å². The maximum Gasteiger partial charge on any atom is 0.0553 e. The summed E-state index contributed by atoms with van der Waals surface area (Å²) in [6, 6.07) is 0. The van der Waals surface area contributed by atoms with Gasteiger partial charge in [0, 0.05) is 0 Å². The van der Waals surface area contributed by atoms with Crippen LogP contribution in [0.1, 0.15) is 40.0 Å². The highest BCUT2D eigenvalue weighted by Gasteiger charge is 2.32. The van der Waals surface area contributed by atoms with Gasteiger partial charge in [-0.2, -0.15) is 0 Å². The molecular formula is C9H18O. The zero-order valence-electron chi connectivity index (χ0n) is 7.31. The quantitative estimate of drug-likeness (QED) is 0.576. The first kappa shape index (κ1) is 8.06. The molecule has 1 nitrogen and oxygen atoms in total. The van der Waals surface area contributed by atoms with Gasteiger partial charge in [0.05, 0.1) is 12.7 Å². The minimum Gasteiger partial charge on any atom is -0.378 e. The fourth-order valence-electron chi connectivity index (χ4n) is 1.93. The van der Waals surface area contributed by atoms with Crippen LogP contribution in [0.25, 0.3) is 0 Å². The lowest BCUT2D eigenvalue weighted by atomic mass is 9.84. The molecule has 60 valence electrons. The molecule has 2 atom stereocenters. The van der Waals surface area contributed by atoms with Crippen molar-refractivity contribution >= 4 is 0 Å². The zero-order valence-corrected chi connectivity index (χ0v) is 7.31. The molecule has 0 aromatic carbocycles. The van der Waals surface area contributed by atoms with Crippen molar-refractivity contribution in [3.05, 3.63) is 0 Å². The van der Waals surface area contributed by atoms with Crippen molar-refractivity contribution in [1.29, 1.82) is 0 Å². The molecule has 0 radical (unpaired) electrons. The summed E-state index contributed by atoms with van der Waals surface area (Å²) in [7, 11) is 0. The van der Waals surface area contributed by atoms with Crippen molar-refractivity contribution in [3.8, 4) is 0 Å². The van der Waals surface area contributed by atoms with Crippen LogP contribution in [0.4, 0.5) is 0 Å². The molecule has 0 saturated carbocycles. The Morgan fingerprint density at radius 3 is 2.70 bits per heavy atom. The topological polar surface area (TPSA) is 9.23 Å². The van der Waals surface area contributed by atoms with Crippen molar-refractivity contribution in [2.75, 3.05) is 6.61 Å². The average Bonchev–Trinajstić information content (AvgIpc) is 2.12. The zero-order chi connectivity index (χ0) is 7.61. The minimum atomic E-state index is 0.494. The summed E-state index contributed by atoms with van der Waals surface area (Å²) in [5.74, 6) is 0. The lowest BCUT2D eigenvalue weighted by Gasteiger charge is -2.20. The first-order chi connectivity index (χ1) is 4.66. The summed E-state index contributed by atoms with van der Waals surface area (Å²) in [6.07, 6.45) is 4.35. The SMILES string of the molecule is CCCC1(C)CO[C@@H](C)C1. The highest BCUT2D eigenvalue weighted by Crippen LogP contribution is 2.35. The molecule has 0 spiro atoms. The molecular weight excluding hydrogens is 124 g/mol. The molecule has 1 saturated heterocycles. The summed E-state index contributed by atoms with van der Waals surface area (Å²) >= 11 is 0. The molecule has 1 fully saturated rings. The van der Waals surface area contributed by atoms with E-state index in [0.717, 1.165) is 6.61 Å². The van der Waals surface area contributed by atoms with E-state index in [4.69, 9.17) is 4.74 Å². The Morgan fingerprint density at radius 2 is 2.30 bits per heavy atom. The number of hydrogen-bond acceptors (Lipinski definition) is 1. The number of hydrogen-bond donors (Lipinski definition) is 0. The van der Waals surface area contributed by atoms with Gasteiger partial charge < -0.3 is 4.74 Å². The molecule has 1 unspecified atom stereocenters. The van der Waals surface area contributed by atoms with E-state index in [9.17, 15) is 0 Å². The molecule has 1 aliphatic rings. The van der Waals surface area contributed by atoms with E-state index >= 15 is 0 Å². The highest BCUT2D eigenvalue weighted by molar-refractivity contribution is 4.81. The summed E-state index contributed by atoms with van der Waals surface area (Å²) in [4.78, 5) is 0. The van der Waals surface area contributed by atoms with Crippen LogP contribution in [0.5, 0.6) is 0 Å². The van der Waals surface area contributed by atoms with Crippen molar-refractivity contribution in [1.82, 2.24) is 0 Å². The summed E-state index contributed by atoms with van der Waals surface area (Å²) in [6.45, 7) is 7.72. The minimum absolute atomic E-state index is 0.494. The predicted molar refractivity (Wildman–Crippen MR) is 43.0 cm³/mol. The second-order valence-corrected chi connectivity index (χ2v) is 3.89. The third kappa shape index (κ3) is 1.72. The Labute approximate surface area is 63.8 Å². The predicted octanol–water partition coefficient (Wildman–Crippen LogP) is 2.60. The first-order valence-corrected chi connectivity index (χ1v) is 4.28. The van der Waals surface area contributed by atoms with Crippen LogP contribution in [0, 0.1) is 5.41 Å². The second-order valence-electron chi connectivity index (χ2n) is 3.89. The normalized spacial score (nSPS) is 40.5. The molecule has 1 heteroatoms. The summed E-state index contributed by atoms with van der Waals surface area (Å²) < 4.78 is 5.52. The third-order valence-corrected chi connectivity index (χ3v) is 2.35. The Bertz CT molecular complexity index is 107. The van der Waals surface area contributed by atoms with Crippen molar-refractivity contribution in [2.24, 2.45) is 5.41 Å². The van der Waals surface area contributed by atoms with Gasteiger partial charge in [-0.3, -0.25) is 0 Å². The summed E-state index contributed by atoms with van der Waals surface area (Å²) in [5, 5.41) is 0. The summed E-state index contributed by atoms with van der Waals surface area (Å²) in [5.41, 5.74) is 0.494. The molecule has 10 heavy (non-hydrogen) atoms. The molecule has 0 bridgehead atoms. The molecule has 0 aromatic rings. The van der Waals surface area contributed by atoms with E-state index < -0.39 is 0 Å². The number of ether oxygens (including phenoxy) is 1. The largest absolute Gasteiger partial charge is 0.378 e. The fourth-order valence-corrected chi connectivity index (χ4v) is 1.93. The van der Waals surface area contributed by atoms with E-state index in [-0.39, 0.29) is 0 Å². The Morgan fingerprint density at radius 1 is 1.60 bits per heavy atom. The van der Waals surface area contributed by atoms with Gasteiger partial charge in [-0.25, -0.2) is 0 Å². The van der Waals surface area contributed by atoms with Gasteiger partial charge in [0.25, 0.3) is 0 Å². The lowest BCUT2D eigenvalue weighted by Crippen LogP contribution is -2.15. The third-order valence-electron chi connectivity index (χ3n) is 2.35. The molecule has 0 amide bonds. The van der Waals surface area contributed by atoms with Crippen LogP contribution in [-0.2, 0) is 4.74 Å². The van der Waals surface area contributed by atoms with Gasteiger partial charge in [0.15, 0.2) is 0 Å². The van der Waals surface area contributed by atoms with E-state index in [0.29, 0.717) is 11.5 Å². The van der Waals surface area contributed by atoms with E-state index in [1.165, 1.54) is 19.3 Å². The van der Waals surface area contributed by atoms with Gasteiger partial charge in [-0.05, 0) is 25.2 Å². The van der Waals surface area contributed by atoms with Crippen LogP contribution >= 0.6 is 0 Å². The van der Waals surface area contributed by atoms with Gasteiger partial charge in [-0.15, -0.1) is 0 Å². The van der Waals surface area contributed by atoms with Crippen molar-refractivity contribution < 1.29 is 4.74 Å². The maximum atomic E-state index is 5.52. The van der Waals surface area contributed by atoms with Crippen molar-refractivity contribution in [2.45, 2.75) is 46.1 Å². The van der Waals surface area contributed by atoms with Crippen LogP contribution in [-0.4, -0.2) is 12.7 Å². The highest BCUT2D eigenvalue weighted by atomic mass is 16.5. The standard InChI is InChI=1S/C9H18O/c1-4-5-9(3)6-8(2)10-7-9/h8H,4-7H2,1-3H3/t8-,9?/m0/s1. The molecule has 0 aromatic heterocycles. The van der Waals surface area contributed by atoms with E-state index in [1.54, 1.807) is 0 Å². The molecule has 0 N–H and O–H groups in total. The monoisotopic (exact) mass is 142 g/mol. The van der Waals surface area contributed by atoms with Gasteiger partial charge in [0.2, 0.25) is 0 Å². The molecule has 0 aliphatic carbocycles. The van der Waals surface area contributed by atoms with E-state index in [2.05, 4.69) is 20.8 Å². The van der Waals surface area contributed by atoms with Crippen LogP contribution < -0.4 is 0 Å². The maximum absolute atomic E-state index is 5.52. The van der Waals surface area contributed by atoms with Crippen LogP contribution in [0.2, 0.25) is 0 Å². The van der Waals surface area contributed by atoms with E-state index in [1.807, 2.05) is 0 Å². The second kappa shape index (κ2) is 2.91. The molecule has 1 aliphatic heterocycles. The lowest BCUT2D eigenvalue weighted by molar-refractivity contribution is 0.107. The Kier molecular flexibility index (Phi) is 2.35. The van der Waals surface area contributed by atoms with Crippen LogP contribution in [0.3, 0.4) is 0 Å². The Hall–Kier alpha value is -0.0400. The number of rotatable bonds is 2. The smallest absolute Gasteiger partial charge is 0.0553 e. The van der Waals surface area contributed by atoms with Gasteiger partial charge >= 0.3 is 0 Å². The molecule has 1 heterocycles. The van der Waals surface area contributed by atoms with Gasteiger partial charge in [0.1, 0.15) is 0 Å². The average molecular weight is 142 g/mol. The fraction of sp³-hybridized carbons (Fsp3) is 1.00. The van der Waals surface area contributed by atoms with Gasteiger partial charge in [-0.1, -0.05) is 20.3 Å². The first-order valence-electron chi connectivity index (χ1n) is 4.28.